The minimum Gasteiger partial charge on any atom is -0.394 e. The predicted molar refractivity (Wildman–Crippen MR) is 79.6 cm³/mol. The van der Waals surface area contributed by atoms with Crippen LogP contribution in [0.5, 0.6) is 0 Å². The third kappa shape index (κ3) is 2.86. The van der Waals surface area contributed by atoms with Crippen LogP contribution in [0.25, 0.3) is 10.2 Å². The molecule has 0 saturated carbocycles. The van der Waals surface area contributed by atoms with E-state index >= 15 is 0 Å². The Bertz CT molecular complexity index is 567. The van der Waals surface area contributed by atoms with Crippen LogP contribution in [0.1, 0.15) is 19.7 Å². The molecule has 0 amide bonds. The molecule has 0 aliphatic heterocycles. The summed E-state index contributed by atoms with van der Waals surface area (Å²) in [6.07, 6.45) is 0. The summed E-state index contributed by atoms with van der Waals surface area (Å²) in [4.78, 5) is 12.2. The zero-order valence-corrected chi connectivity index (χ0v) is 12.6. The molecule has 0 unspecified atom stereocenters. The standard InChI is InChI=1S/C13H20N4OS/c1-13(2,8-18)17(4)7-10-15-11(14-3)9-5-6-19-12(9)16-10/h5-6,18H,7-8H2,1-4H3,(H,14,15,16). The van der Waals surface area contributed by atoms with Gasteiger partial charge in [-0.3, -0.25) is 4.90 Å². The number of fused-ring (bicyclic) bond motifs is 1. The number of hydrogen-bond donors (Lipinski definition) is 2. The van der Waals surface area contributed by atoms with Crippen LogP contribution in [-0.4, -0.2) is 46.2 Å². The van der Waals surface area contributed by atoms with Crippen molar-refractivity contribution in [2.45, 2.75) is 25.9 Å². The second-order valence-electron chi connectivity index (χ2n) is 5.20. The van der Waals surface area contributed by atoms with E-state index in [1.807, 2.05) is 39.4 Å². The molecule has 0 aromatic carbocycles. The average Bonchev–Trinajstić information content (AvgIpc) is 2.85. The second-order valence-corrected chi connectivity index (χ2v) is 6.10. The minimum atomic E-state index is -0.284. The summed E-state index contributed by atoms with van der Waals surface area (Å²) in [5.41, 5.74) is -0.284. The van der Waals surface area contributed by atoms with Crippen LogP contribution in [0.2, 0.25) is 0 Å². The number of hydrogen-bond acceptors (Lipinski definition) is 6. The third-order valence-electron chi connectivity index (χ3n) is 3.41. The molecule has 2 heterocycles. The summed E-state index contributed by atoms with van der Waals surface area (Å²) in [6.45, 7) is 4.70. The Morgan fingerprint density at radius 1 is 1.42 bits per heavy atom. The minimum absolute atomic E-state index is 0.101. The molecule has 0 atom stereocenters. The van der Waals surface area contributed by atoms with Crippen molar-refractivity contribution in [1.29, 1.82) is 0 Å². The Kier molecular flexibility index (Phi) is 4.03. The van der Waals surface area contributed by atoms with E-state index in [0.717, 1.165) is 21.9 Å². The van der Waals surface area contributed by atoms with E-state index in [-0.39, 0.29) is 12.1 Å². The summed E-state index contributed by atoms with van der Waals surface area (Å²) >= 11 is 1.61. The fourth-order valence-corrected chi connectivity index (χ4v) is 2.49. The molecule has 6 heteroatoms. The lowest BCUT2D eigenvalue weighted by Gasteiger charge is -2.33. The van der Waals surface area contributed by atoms with Crippen molar-refractivity contribution in [3.8, 4) is 0 Å². The lowest BCUT2D eigenvalue weighted by Crippen LogP contribution is -2.43. The quantitative estimate of drug-likeness (QED) is 0.876. The number of aromatic nitrogens is 2. The Balaban J connectivity index is 2.30. The van der Waals surface area contributed by atoms with Crippen LogP contribution >= 0.6 is 11.3 Å². The van der Waals surface area contributed by atoms with E-state index in [1.54, 1.807) is 11.3 Å². The van der Waals surface area contributed by atoms with Gasteiger partial charge in [0.15, 0.2) is 0 Å². The highest BCUT2D eigenvalue weighted by Gasteiger charge is 2.23. The zero-order valence-electron chi connectivity index (χ0n) is 11.8. The lowest BCUT2D eigenvalue weighted by molar-refractivity contribution is 0.0715. The van der Waals surface area contributed by atoms with Gasteiger partial charge in [0.1, 0.15) is 16.5 Å². The Morgan fingerprint density at radius 3 is 2.79 bits per heavy atom. The van der Waals surface area contributed by atoms with Crippen molar-refractivity contribution in [1.82, 2.24) is 14.9 Å². The summed E-state index contributed by atoms with van der Waals surface area (Å²) in [5, 5.41) is 15.6. The first-order chi connectivity index (χ1) is 8.97. The van der Waals surface area contributed by atoms with E-state index in [0.29, 0.717) is 6.54 Å². The molecule has 104 valence electrons. The van der Waals surface area contributed by atoms with E-state index in [2.05, 4.69) is 20.2 Å². The van der Waals surface area contributed by atoms with Gasteiger partial charge in [-0.1, -0.05) is 0 Å². The summed E-state index contributed by atoms with van der Waals surface area (Å²) in [6, 6.07) is 2.02. The largest absolute Gasteiger partial charge is 0.394 e. The van der Waals surface area contributed by atoms with Crippen molar-refractivity contribution < 1.29 is 5.11 Å². The van der Waals surface area contributed by atoms with Gasteiger partial charge in [0.05, 0.1) is 18.5 Å². The molecule has 0 aliphatic carbocycles. The maximum atomic E-state index is 9.39. The number of nitrogens with zero attached hydrogens (tertiary/aromatic N) is 3. The van der Waals surface area contributed by atoms with Gasteiger partial charge in [-0.15, -0.1) is 11.3 Å². The first-order valence-electron chi connectivity index (χ1n) is 6.22. The number of likely N-dealkylation sites (N-methyl/N-ethyl adjacent to an activating group) is 1. The molecule has 2 rings (SSSR count). The van der Waals surface area contributed by atoms with Crippen molar-refractivity contribution in [2.24, 2.45) is 0 Å². The van der Waals surface area contributed by atoms with Gasteiger partial charge in [-0.2, -0.15) is 0 Å². The van der Waals surface area contributed by atoms with E-state index < -0.39 is 0 Å². The molecule has 0 aliphatic rings. The van der Waals surface area contributed by atoms with Crippen LogP contribution in [0.4, 0.5) is 5.82 Å². The fourth-order valence-electron chi connectivity index (χ4n) is 1.71. The van der Waals surface area contributed by atoms with Gasteiger partial charge in [0, 0.05) is 12.6 Å². The van der Waals surface area contributed by atoms with Gasteiger partial charge in [0.25, 0.3) is 0 Å². The molecule has 2 aromatic heterocycles. The number of rotatable bonds is 5. The predicted octanol–water partition coefficient (Wildman–Crippen LogP) is 1.94. The van der Waals surface area contributed by atoms with E-state index in [1.165, 1.54) is 0 Å². The summed E-state index contributed by atoms with van der Waals surface area (Å²) < 4.78 is 0. The first kappa shape index (κ1) is 14.2. The van der Waals surface area contributed by atoms with Crippen molar-refractivity contribution in [3.05, 3.63) is 17.3 Å². The monoisotopic (exact) mass is 280 g/mol. The Morgan fingerprint density at radius 2 is 2.16 bits per heavy atom. The van der Waals surface area contributed by atoms with Crippen molar-refractivity contribution in [3.63, 3.8) is 0 Å². The SMILES string of the molecule is CNc1nc(CN(C)C(C)(C)CO)nc2sccc12. The first-order valence-corrected chi connectivity index (χ1v) is 7.10. The molecule has 19 heavy (non-hydrogen) atoms. The average molecular weight is 280 g/mol. The maximum absolute atomic E-state index is 9.39. The highest BCUT2D eigenvalue weighted by atomic mass is 32.1. The molecule has 2 aromatic rings. The van der Waals surface area contributed by atoms with Gasteiger partial charge >= 0.3 is 0 Å². The molecular weight excluding hydrogens is 260 g/mol. The van der Waals surface area contributed by atoms with Gasteiger partial charge < -0.3 is 10.4 Å². The summed E-state index contributed by atoms with van der Waals surface area (Å²) in [7, 11) is 3.84. The van der Waals surface area contributed by atoms with Crippen LogP contribution in [0, 0.1) is 0 Å². The van der Waals surface area contributed by atoms with Crippen molar-refractivity contribution >= 4 is 27.4 Å². The van der Waals surface area contributed by atoms with Crippen LogP contribution in [0.3, 0.4) is 0 Å². The topological polar surface area (TPSA) is 61.3 Å². The van der Waals surface area contributed by atoms with Gasteiger partial charge in [0.2, 0.25) is 0 Å². The molecular formula is C13H20N4OS. The maximum Gasteiger partial charge on any atom is 0.146 e. The van der Waals surface area contributed by atoms with Gasteiger partial charge in [-0.25, -0.2) is 9.97 Å². The number of aliphatic hydroxyl groups excluding tert-OH is 1. The zero-order chi connectivity index (χ0) is 14.0. The summed E-state index contributed by atoms with van der Waals surface area (Å²) in [5.74, 6) is 1.62. The lowest BCUT2D eigenvalue weighted by atomic mass is 10.1. The number of nitrogens with one attached hydrogen (secondary N) is 1. The van der Waals surface area contributed by atoms with Crippen LogP contribution < -0.4 is 5.32 Å². The molecule has 0 saturated heterocycles. The number of thiophene rings is 1. The highest BCUT2D eigenvalue weighted by Crippen LogP contribution is 2.25. The van der Waals surface area contributed by atoms with E-state index in [9.17, 15) is 5.11 Å². The fraction of sp³-hybridized carbons (Fsp3) is 0.538. The van der Waals surface area contributed by atoms with Crippen molar-refractivity contribution in [2.75, 3.05) is 26.0 Å². The number of anilines is 1. The van der Waals surface area contributed by atoms with Crippen LogP contribution in [-0.2, 0) is 6.54 Å². The molecule has 5 nitrogen and oxygen atoms in total. The third-order valence-corrected chi connectivity index (χ3v) is 4.21. The molecule has 0 radical (unpaired) electrons. The normalized spacial score (nSPS) is 12.3. The molecule has 0 fully saturated rings. The Labute approximate surface area is 117 Å². The highest BCUT2D eigenvalue weighted by molar-refractivity contribution is 7.16. The van der Waals surface area contributed by atoms with E-state index in [4.69, 9.17) is 0 Å². The molecule has 0 spiro atoms. The molecule has 0 bridgehead atoms. The molecule has 2 N–H and O–H groups in total. The number of aliphatic hydroxyl groups is 1. The smallest absolute Gasteiger partial charge is 0.146 e. The Hall–Kier alpha value is -1.24. The van der Waals surface area contributed by atoms with Gasteiger partial charge in [-0.05, 0) is 32.3 Å². The van der Waals surface area contributed by atoms with Crippen LogP contribution in [0.15, 0.2) is 11.4 Å². The second kappa shape index (κ2) is 5.40.